The standard InChI is InChI=1S/C8H8Cl2F3N3O/c9-5-3-15-7(10)16-6(5)14-1-2-17-4-8(11,12)13/h3H,1-2,4H2,(H,14,15,16). The molecule has 0 aliphatic carbocycles. The highest BCUT2D eigenvalue weighted by molar-refractivity contribution is 6.33. The normalized spacial score (nSPS) is 11.6. The molecule has 0 aromatic carbocycles. The van der Waals surface area contributed by atoms with Gasteiger partial charge in [-0.25, -0.2) is 4.98 Å². The first kappa shape index (κ1) is 14.3. The fourth-order valence-corrected chi connectivity index (χ4v) is 1.19. The zero-order chi connectivity index (χ0) is 12.9. The number of hydrogen-bond donors (Lipinski definition) is 1. The van der Waals surface area contributed by atoms with Crippen molar-refractivity contribution < 1.29 is 17.9 Å². The van der Waals surface area contributed by atoms with Gasteiger partial charge in [0.2, 0.25) is 5.28 Å². The van der Waals surface area contributed by atoms with E-state index in [1.807, 2.05) is 0 Å². The Kier molecular flexibility index (Phi) is 5.23. The lowest BCUT2D eigenvalue weighted by Crippen LogP contribution is -2.20. The molecular weight excluding hydrogens is 282 g/mol. The van der Waals surface area contributed by atoms with Gasteiger partial charge in [0.05, 0.1) is 12.8 Å². The maximum Gasteiger partial charge on any atom is 0.411 e. The number of anilines is 1. The zero-order valence-electron chi connectivity index (χ0n) is 8.39. The van der Waals surface area contributed by atoms with E-state index in [-0.39, 0.29) is 29.3 Å². The van der Waals surface area contributed by atoms with Crippen LogP contribution >= 0.6 is 23.2 Å². The molecular formula is C8H8Cl2F3N3O. The van der Waals surface area contributed by atoms with Gasteiger partial charge in [-0.3, -0.25) is 0 Å². The third kappa shape index (κ3) is 5.90. The van der Waals surface area contributed by atoms with Crippen LogP contribution in [0.2, 0.25) is 10.3 Å². The molecule has 9 heteroatoms. The molecule has 0 aliphatic rings. The predicted octanol–water partition coefficient (Wildman–Crippen LogP) is 2.77. The Bertz CT molecular complexity index is 376. The van der Waals surface area contributed by atoms with Crippen molar-refractivity contribution in [3.8, 4) is 0 Å². The minimum atomic E-state index is -4.32. The third-order valence-corrected chi connectivity index (χ3v) is 1.98. The van der Waals surface area contributed by atoms with Crippen molar-refractivity contribution in [3.05, 3.63) is 16.5 Å². The Hall–Kier alpha value is -0.790. The summed E-state index contributed by atoms with van der Waals surface area (Å²) in [6.45, 7) is -1.28. The van der Waals surface area contributed by atoms with Gasteiger partial charge in [0.25, 0.3) is 0 Å². The second kappa shape index (κ2) is 6.23. The number of ether oxygens (including phenoxy) is 1. The number of rotatable bonds is 5. The summed E-state index contributed by atoms with van der Waals surface area (Å²) in [4.78, 5) is 7.37. The van der Waals surface area contributed by atoms with E-state index in [1.54, 1.807) is 0 Å². The molecule has 0 saturated carbocycles. The molecule has 0 atom stereocenters. The molecule has 1 aromatic rings. The van der Waals surface area contributed by atoms with Gasteiger partial charge in [-0.15, -0.1) is 0 Å². The molecule has 0 unspecified atom stereocenters. The highest BCUT2D eigenvalue weighted by Gasteiger charge is 2.27. The first-order valence-electron chi connectivity index (χ1n) is 4.45. The van der Waals surface area contributed by atoms with Crippen molar-refractivity contribution in [1.82, 2.24) is 9.97 Å². The van der Waals surface area contributed by atoms with E-state index in [1.165, 1.54) is 6.20 Å². The van der Waals surface area contributed by atoms with E-state index in [9.17, 15) is 13.2 Å². The number of alkyl halides is 3. The minimum absolute atomic E-state index is 0.00638. The number of aromatic nitrogens is 2. The fourth-order valence-electron chi connectivity index (χ4n) is 0.899. The smallest absolute Gasteiger partial charge is 0.370 e. The molecule has 0 fully saturated rings. The molecule has 1 N–H and O–H groups in total. The molecule has 0 aliphatic heterocycles. The largest absolute Gasteiger partial charge is 0.411 e. The lowest BCUT2D eigenvalue weighted by atomic mass is 10.5. The van der Waals surface area contributed by atoms with Crippen LogP contribution in [0.1, 0.15) is 0 Å². The second-order valence-electron chi connectivity index (χ2n) is 2.93. The van der Waals surface area contributed by atoms with Gasteiger partial charge in [0.15, 0.2) is 0 Å². The Labute approximate surface area is 105 Å². The SMILES string of the molecule is FC(F)(F)COCCNc1nc(Cl)ncc1Cl. The summed E-state index contributed by atoms with van der Waals surface area (Å²) in [6.07, 6.45) is -3.04. The van der Waals surface area contributed by atoms with Crippen molar-refractivity contribution in [1.29, 1.82) is 0 Å². The number of nitrogens with zero attached hydrogens (tertiary/aromatic N) is 2. The first-order chi connectivity index (χ1) is 7.88. The summed E-state index contributed by atoms with van der Waals surface area (Å²) >= 11 is 11.2. The molecule has 1 rings (SSSR count). The topological polar surface area (TPSA) is 47.0 Å². The number of halogens is 5. The highest BCUT2D eigenvalue weighted by atomic mass is 35.5. The van der Waals surface area contributed by atoms with Crippen LogP contribution in [0.5, 0.6) is 0 Å². The van der Waals surface area contributed by atoms with Gasteiger partial charge in [-0.2, -0.15) is 18.2 Å². The molecule has 1 heterocycles. The summed E-state index contributed by atoms with van der Waals surface area (Å²) in [7, 11) is 0. The van der Waals surface area contributed by atoms with Gasteiger partial charge in [0.1, 0.15) is 17.4 Å². The molecule has 96 valence electrons. The van der Waals surface area contributed by atoms with Crippen LogP contribution in [-0.4, -0.2) is 35.9 Å². The summed E-state index contributed by atoms with van der Waals surface area (Å²) in [5.41, 5.74) is 0. The van der Waals surface area contributed by atoms with Crippen molar-refractivity contribution in [2.45, 2.75) is 6.18 Å². The molecule has 1 aromatic heterocycles. The highest BCUT2D eigenvalue weighted by Crippen LogP contribution is 2.19. The van der Waals surface area contributed by atoms with Crippen LogP contribution in [0.3, 0.4) is 0 Å². The average molecular weight is 290 g/mol. The molecule has 4 nitrogen and oxygen atoms in total. The van der Waals surface area contributed by atoms with E-state index in [0.29, 0.717) is 0 Å². The molecule has 0 bridgehead atoms. The number of hydrogen-bond acceptors (Lipinski definition) is 4. The maximum absolute atomic E-state index is 11.7. The van der Waals surface area contributed by atoms with E-state index < -0.39 is 12.8 Å². The van der Waals surface area contributed by atoms with Crippen LogP contribution < -0.4 is 5.32 Å². The van der Waals surface area contributed by atoms with Crippen molar-refractivity contribution in [3.63, 3.8) is 0 Å². The maximum atomic E-state index is 11.7. The van der Waals surface area contributed by atoms with Crippen LogP contribution in [0.25, 0.3) is 0 Å². The molecule has 0 saturated heterocycles. The van der Waals surface area contributed by atoms with Crippen LogP contribution in [0, 0.1) is 0 Å². The van der Waals surface area contributed by atoms with Gasteiger partial charge in [-0.1, -0.05) is 11.6 Å². The predicted molar refractivity (Wildman–Crippen MR) is 57.4 cm³/mol. The summed E-state index contributed by atoms with van der Waals surface area (Å²) in [6, 6.07) is 0. The Morgan fingerprint density at radius 2 is 2.06 bits per heavy atom. The average Bonchev–Trinajstić information content (AvgIpc) is 2.21. The third-order valence-electron chi connectivity index (χ3n) is 1.52. The summed E-state index contributed by atoms with van der Waals surface area (Å²) < 4.78 is 39.5. The van der Waals surface area contributed by atoms with Gasteiger partial charge >= 0.3 is 6.18 Å². The quantitative estimate of drug-likeness (QED) is 0.669. The monoisotopic (exact) mass is 289 g/mol. The lowest BCUT2D eigenvalue weighted by Gasteiger charge is -2.09. The summed E-state index contributed by atoms with van der Waals surface area (Å²) in [5.74, 6) is 0.252. The van der Waals surface area contributed by atoms with E-state index in [2.05, 4.69) is 20.0 Å². The van der Waals surface area contributed by atoms with E-state index >= 15 is 0 Å². The van der Waals surface area contributed by atoms with Gasteiger partial charge < -0.3 is 10.1 Å². The van der Waals surface area contributed by atoms with Crippen LogP contribution in [0.4, 0.5) is 19.0 Å². The molecule has 0 spiro atoms. The first-order valence-corrected chi connectivity index (χ1v) is 5.20. The Balaban J connectivity index is 2.29. The van der Waals surface area contributed by atoms with Crippen molar-refractivity contribution in [2.24, 2.45) is 0 Å². The number of nitrogens with one attached hydrogen (secondary N) is 1. The minimum Gasteiger partial charge on any atom is -0.370 e. The Morgan fingerprint density at radius 1 is 1.35 bits per heavy atom. The molecule has 0 amide bonds. The van der Waals surface area contributed by atoms with Crippen molar-refractivity contribution >= 4 is 29.0 Å². The Morgan fingerprint density at radius 3 is 2.71 bits per heavy atom. The van der Waals surface area contributed by atoms with Gasteiger partial charge in [0, 0.05) is 6.54 Å². The molecule has 0 radical (unpaired) electrons. The van der Waals surface area contributed by atoms with E-state index in [0.717, 1.165) is 0 Å². The molecule has 17 heavy (non-hydrogen) atoms. The van der Waals surface area contributed by atoms with Crippen LogP contribution in [-0.2, 0) is 4.74 Å². The van der Waals surface area contributed by atoms with Gasteiger partial charge in [-0.05, 0) is 11.6 Å². The lowest BCUT2D eigenvalue weighted by molar-refractivity contribution is -0.172. The zero-order valence-corrected chi connectivity index (χ0v) is 9.90. The van der Waals surface area contributed by atoms with Crippen molar-refractivity contribution in [2.75, 3.05) is 25.1 Å². The fraction of sp³-hybridized carbons (Fsp3) is 0.500. The van der Waals surface area contributed by atoms with Crippen LogP contribution in [0.15, 0.2) is 6.20 Å². The summed E-state index contributed by atoms with van der Waals surface area (Å²) in [5, 5.41) is 2.90. The van der Waals surface area contributed by atoms with E-state index in [4.69, 9.17) is 23.2 Å². The second-order valence-corrected chi connectivity index (χ2v) is 3.68.